The summed E-state index contributed by atoms with van der Waals surface area (Å²) in [4.78, 5) is 0. The molecule has 0 bridgehead atoms. The van der Waals surface area contributed by atoms with Crippen molar-refractivity contribution in [2.45, 2.75) is 23.1 Å². The van der Waals surface area contributed by atoms with Gasteiger partial charge in [-0.05, 0) is 0 Å². The number of nitrogens with two attached hydrogens (primary N) is 1. The summed E-state index contributed by atoms with van der Waals surface area (Å²) in [5.41, 5.74) is 5.46. The minimum atomic E-state index is 0.514. The summed E-state index contributed by atoms with van der Waals surface area (Å²) in [5, 5.41) is 0. The van der Waals surface area contributed by atoms with Crippen LogP contribution in [0.1, 0.15) is 19.3 Å². The summed E-state index contributed by atoms with van der Waals surface area (Å²) in [6, 6.07) is 0. The van der Waals surface area contributed by atoms with Crippen LogP contribution in [-0.2, 0) is 19.8 Å². The van der Waals surface area contributed by atoms with Gasteiger partial charge in [-0.25, -0.2) is 0 Å². The molecule has 0 heterocycles. The van der Waals surface area contributed by atoms with Crippen molar-refractivity contribution >= 4 is 0 Å². The maximum absolute atomic E-state index is 5.46. The van der Waals surface area contributed by atoms with Crippen LogP contribution in [0.2, 0.25) is 3.80 Å². The van der Waals surface area contributed by atoms with Gasteiger partial charge in [-0.2, -0.15) is 0 Å². The SMILES string of the molecule is NC[C]1([Pt])CCC1. The first-order valence-electron chi connectivity index (χ1n) is 2.63. The molecule has 0 aromatic carbocycles. The van der Waals surface area contributed by atoms with Crippen LogP contribution in [0, 0.1) is 0 Å². The van der Waals surface area contributed by atoms with E-state index < -0.39 is 0 Å². The fourth-order valence-electron chi connectivity index (χ4n) is 0.743. The molecule has 0 atom stereocenters. The van der Waals surface area contributed by atoms with Crippen LogP contribution in [0.3, 0.4) is 0 Å². The Hall–Kier alpha value is 0.648. The van der Waals surface area contributed by atoms with Crippen molar-refractivity contribution in [3.05, 3.63) is 0 Å². The molecule has 2 N–H and O–H groups in total. The monoisotopic (exact) mass is 279 g/mol. The Morgan fingerprint density at radius 1 is 1.57 bits per heavy atom. The average molecular weight is 279 g/mol. The van der Waals surface area contributed by atoms with E-state index in [1.54, 1.807) is 0 Å². The van der Waals surface area contributed by atoms with E-state index in [0.717, 1.165) is 6.54 Å². The molecule has 0 aromatic heterocycles. The maximum atomic E-state index is 5.46. The molecule has 45 valence electrons. The summed E-state index contributed by atoms with van der Waals surface area (Å²) < 4.78 is 0.514. The molecule has 0 unspecified atom stereocenters. The van der Waals surface area contributed by atoms with E-state index in [4.69, 9.17) is 5.73 Å². The second-order valence-corrected chi connectivity index (χ2v) is 4.55. The second kappa shape index (κ2) is 1.87. The normalized spacial score (nSPS) is 26.7. The Kier molecular flexibility index (Phi) is 1.54. The predicted molar refractivity (Wildman–Crippen MR) is 25.6 cm³/mol. The fraction of sp³-hybridized carbons (Fsp3) is 1.00. The van der Waals surface area contributed by atoms with E-state index in [0.29, 0.717) is 3.80 Å². The Balaban J connectivity index is 2.29. The van der Waals surface area contributed by atoms with Gasteiger partial charge in [-0.1, -0.05) is 0 Å². The predicted octanol–water partition coefficient (Wildman–Crippen LogP) is 0.835. The molecule has 0 amide bonds. The molecule has 1 aliphatic carbocycles. The summed E-state index contributed by atoms with van der Waals surface area (Å²) in [5.74, 6) is 0. The van der Waals surface area contributed by atoms with Crippen molar-refractivity contribution in [1.82, 2.24) is 0 Å². The van der Waals surface area contributed by atoms with Gasteiger partial charge in [0.15, 0.2) is 0 Å². The zero-order chi connectivity index (χ0) is 5.33. The van der Waals surface area contributed by atoms with Gasteiger partial charge in [0.05, 0.1) is 0 Å². The first-order chi connectivity index (χ1) is 3.27. The van der Waals surface area contributed by atoms with Crippen LogP contribution in [0.5, 0.6) is 0 Å². The molecule has 7 heavy (non-hydrogen) atoms. The third-order valence-corrected chi connectivity index (χ3v) is 3.17. The molecule has 1 rings (SSSR count). The first-order valence-corrected chi connectivity index (χ1v) is 3.76. The van der Waals surface area contributed by atoms with Gasteiger partial charge in [0.25, 0.3) is 0 Å². The summed E-state index contributed by atoms with van der Waals surface area (Å²) in [6.07, 6.45) is 4.07. The summed E-state index contributed by atoms with van der Waals surface area (Å²) >= 11 is 2.45. The average Bonchev–Trinajstić information content (AvgIpc) is 1.61. The standard InChI is InChI=1S/C5H10N.Pt/c6-4-5-2-1-3-5;/h1-4,6H2;. The van der Waals surface area contributed by atoms with E-state index in [-0.39, 0.29) is 0 Å². The van der Waals surface area contributed by atoms with E-state index in [9.17, 15) is 0 Å². The molecule has 0 saturated heterocycles. The molecule has 2 heteroatoms. The van der Waals surface area contributed by atoms with Crippen LogP contribution >= 0.6 is 0 Å². The molecule has 0 aromatic rings. The molecule has 1 saturated carbocycles. The quantitative estimate of drug-likeness (QED) is 0.756. The van der Waals surface area contributed by atoms with Gasteiger partial charge in [0.1, 0.15) is 0 Å². The molecular weight excluding hydrogens is 269 g/mol. The molecule has 1 fully saturated rings. The molecule has 0 aliphatic heterocycles. The summed E-state index contributed by atoms with van der Waals surface area (Å²) in [6.45, 7) is 0.870. The fourth-order valence-corrected chi connectivity index (χ4v) is 1.55. The van der Waals surface area contributed by atoms with Crippen molar-refractivity contribution in [1.29, 1.82) is 0 Å². The van der Waals surface area contributed by atoms with Gasteiger partial charge < -0.3 is 0 Å². The molecule has 0 spiro atoms. The van der Waals surface area contributed by atoms with Crippen LogP contribution in [0.4, 0.5) is 0 Å². The Labute approximate surface area is 55.6 Å². The van der Waals surface area contributed by atoms with E-state index in [1.165, 1.54) is 19.3 Å². The Morgan fingerprint density at radius 2 is 2.14 bits per heavy atom. The molecule has 1 aliphatic rings. The number of hydrogen-bond donors (Lipinski definition) is 1. The Bertz CT molecular complexity index is 63.0. The van der Waals surface area contributed by atoms with Gasteiger partial charge >= 0.3 is 55.2 Å². The van der Waals surface area contributed by atoms with Crippen LogP contribution in [0.25, 0.3) is 0 Å². The van der Waals surface area contributed by atoms with Crippen molar-refractivity contribution in [3.63, 3.8) is 0 Å². The van der Waals surface area contributed by atoms with Crippen molar-refractivity contribution in [2.24, 2.45) is 5.73 Å². The van der Waals surface area contributed by atoms with Crippen molar-refractivity contribution < 1.29 is 19.8 Å². The van der Waals surface area contributed by atoms with Gasteiger partial charge in [-0.15, -0.1) is 0 Å². The van der Waals surface area contributed by atoms with E-state index in [1.807, 2.05) is 0 Å². The van der Waals surface area contributed by atoms with E-state index in [2.05, 4.69) is 19.8 Å². The minimum absolute atomic E-state index is 0.514. The molecule has 0 radical (unpaired) electrons. The van der Waals surface area contributed by atoms with Crippen LogP contribution < -0.4 is 5.73 Å². The van der Waals surface area contributed by atoms with Gasteiger partial charge in [0, 0.05) is 0 Å². The topological polar surface area (TPSA) is 26.0 Å². The molecule has 1 nitrogen and oxygen atoms in total. The van der Waals surface area contributed by atoms with Crippen molar-refractivity contribution in [2.75, 3.05) is 6.54 Å². The van der Waals surface area contributed by atoms with Crippen LogP contribution in [-0.4, -0.2) is 6.54 Å². The first kappa shape index (κ1) is 5.78. The van der Waals surface area contributed by atoms with Crippen molar-refractivity contribution in [3.8, 4) is 0 Å². The van der Waals surface area contributed by atoms with Gasteiger partial charge in [0.2, 0.25) is 0 Å². The van der Waals surface area contributed by atoms with E-state index >= 15 is 0 Å². The number of hydrogen-bond acceptors (Lipinski definition) is 1. The number of rotatable bonds is 1. The molecular formula is C5H10NPt. The zero-order valence-electron chi connectivity index (χ0n) is 4.22. The summed E-state index contributed by atoms with van der Waals surface area (Å²) in [7, 11) is 0. The third-order valence-electron chi connectivity index (χ3n) is 1.57. The van der Waals surface area contributed by atoms with Crippen LogP contribution in [0.15, 0.2) is 0 Å². The Morgan fingerprint density at radius 3 is 2.14 bits per heavy atom. The third kappa shape index (κ3) is 1.06. The second-order valence-electron chi connectivity index (χ2n) is 2.14. The zero-order valence-corrected chi connectivity index (χ0v) is 6.49. The van der Waals surface area contributed by atoms with Gasteiger partial charge in [-0.3, -0.25) is 0 Å².